The number of hydrogen-bond donors (Lipinski definition) is 3. The highest BCUT2D eigenvalue weighted by Crippen LogP contribution is 2.15. The normalized spacial score (nSPS) is 18.6. The molecule has 7 nitrogen and oxygen atoms in total. The fraction of sp³-hybridized carbons (Fsp3) is 0.500. The smallest absolute Gasteiger partial charge is 0.322 e. The summed E-state index contributed by atoms with van der Waals surface area (Å²) in [7, 11) is 0. The number of carbonyl (C=O) groups is 2. The number of aromatic nitrogens is 1. The number of anilines is 1. The van der Waals surface area contributed by atoms with Crippen molar-refractivity contribution in [1.82, 2.24) is 15.6 Å². The molecule has 0 unspecified atom stereocenters. The molecule has 0 saturated carbocycles. The Morgan fingerprint density at radius 2 is 2.29 bits per heavy atom. The zero-order valence-corrected chi connectivity index (χ0v) is 12.2. The maximum absolute atomic E-state index is 12.0. The Bertz CT molecular complexity index is 533. The van der Waals surface area contributed by atoms with E-state index in [9.17, 15) is 9.59 Å². The zero-order chi connectivity index (χ0) is 15.4. The van der Waals surface area contributed by atoms with E-state index in [4.69, 9.17) is 5.11 Å². The Kier molecular flexibility index (Phi) is 4.74. The van der Waals surface area contributed by atoms with Crippen LogP contribution in [-0.4, -0.2) is 53.7 Å². The lowest BCUT2D eigenvalue weighted by Gasteiger charge is -2.32. The lowest BCUT2D eigenvalue weighted by molar-refractivity contribution is -0.139. The largest absolute Gasteiger partial charge is 0.480 e. The summed E-state index contributed by atoms with van der Waals surface area (Å²) in [6.07, 6.45) is 1.57. The maximum Gasteiger partial charge on any atom is 0.322 e. The SMILES string of the molecule is CC(C)NC(=O)c1ccnc(N2CCN[C@H](C(=O)O)C2)c1. The van der Waals surface area contributed by atoms with E-state index in [0.717, 1.165) is 0 Å². The highest BCUT2D eigenvalue weighted by Gasteiger charge is 2.25. The molecule has 1 aromatic rings. The van der Waals surface area contributed by atoms with Gasteiger partial charge in [0.25, 0.3) is 5.91 Å². The number of piperazine rings is 1. The first-order valence-corrected chi connectivity index (χ1v) is 6.95. The first kappa shape index (κ1) is 15.2. The van der Waals surface area contributed by atoms with Crippen molar-refractivity contribution in [2.45, 2.75) is 25.9 Å². The molecule has 114 valence electrons. The molecule has 1 aromatic heterocycles. The molecular formula is C14H20N4O3. The van der Waals surface area contributed by atoms with Crippen LogP contribution in [0.5, 0.6) is 0 Å². The number of nitrogens with one attached hydrogen (secondary N) is 2. The van der Waals surface area contributed by atoms with Gasteiger partial charge in [-0.1, -0.05) is 0 Å². The predicted octanol–water partition coefficient (Wildman–Crippen LogP) is 0.0826. The Morgan fingerprint density at radius 1 is 1.52 bits per heavy atom. The van der Waals surface area contributed by atoms with Crippen molar-refractivity contribution in [2.75, 3.05) is 24.5 Å². The molecule has 1 aliphatic rings. The number of amides is 1. The summed E-state index contributed by atoms with van der Waals surface area (Å²) in [5.41, 5.74) is 0.527. The summed E-state index contributed by atoms with van der Waals surface area (Å²) in [4.78, 5) is 29.2. The summed E-state index contributed by atoms with van der Waals surface area (Å²) >= 11 is 0. The first-order valence-electron chi connectivity index (χ1n) is 6.95. The standard InChI is InChI=1S/C14H20N4O3/c1-9(2)17-13(19)10-3-4-16-12(7-10)18-6-5-15-11(8-18)14(20)21/h3-4,7,9,11,15H,5-6,8H2,1-2H3,(H,17,19)(H,20,21)/t11-/m0/s1. The summed E-state index contributed by atoms with van der Waals surface area (Å²) in [6, 6.07) is 2.79. The van der Waals surface area contributed by atoms with Crippen molar-refractivity contribution in [3.63, 3.8) is 0 Å². The second-order valence-electron chi connectivity index (χ2n) is 5.32. The Morgan fingerprint density at radius 3 is 2.95 bits per heavy atom. The van der Waals surface area contributed by atoms with Gasteiger partial charge < -0.3 is 20.6 Å². The van der Waals surface area contributed by atoms with E-state index in [1.54, 1.807) is 18.3 Å². The van der Waals surface area contributed by atoms with Gasteiger partial charge in [-0.2, -0.15) is 0 Å². The number of rotatable bonds is 4. The van der Waals surface area contributed by atoms with Crippen molar-refractivity contribution >= 4 is 17.7 Å². The van der Waals surface area contributed by atoms with Crippen LogP contribution < -0.4 is 15.5 Å². The van der Waals surface area contributed by atoms with Gasteiger partial charge >= 0.3 is 5.97 Å². The molecule has 2 rings (SSSR count). The number of carboxylic acid groups (broad SMARTS) is 1. The summed E-state index contributed by atoms with van der Waals surface area (Å²) < 4.78 is 0. The lowest BCUT2D eigenvalue weighted by Crippen LogP contribution is -2.54. The van der Waals surface area contributed by atoms with Crippen LogP contribution in [0.4, 0.5) is 5.82 Å². The van der Waals surface area contributed by atoms with Crippen molar-refractivity contribution in [3.8, 4) is 0 Å². The first-order chi connectivity index (χ1) is 9.97. The quantitative estimate of drug-likeness (QED) is 0.728. The number of pyridine rings is 1. The van der Waals surface area contributed by atoms with Crippen molar-refractivity contribution < 1.29 is 14.7 Å². The predicted molar refractivity (Wildman–Crippen MR) is 78.5 cm³/mol. The third kappa shape index (κ3) is 3.91. The van der Waals surface area contributed by atoms with Gasteiger partial charge in [-0.3, -0.25) is 9.59 Å². The molecule has 21 heavy (non-hydrogen) atoms. The van der Waals surface area contributed by atoms with Gasteiger partial charge in [0.1, 0.15) is 11.9 Å². The zero-order valence-electron chi connectivity index (χ0n) is 12.2. The number of nitrogens with zero attached hydrogens (tertiary/aromatic N) is 2. The van der Waals surface area contributed by atoms with E-state index in [0.29, 0.717) is 31.0 Å². The van der Waals surface area contributed by atoms with Crippen LogP contribution in [-0.2, 0) is 4.79 Å². The van der Waals surface area contributed by atoms with Crippen molar-refractivity contribution in [3.05, 3.63) is 23.9 Å². The molecule has 3 N–H and O–H groups in total. The van der Waals surface area contributed by atoms with Crippen LogP contribution in [0.1, 0.15) is 24.2 Å². The highest BCUT2D eigenvalue weighted by molar-refractivity contribution is 5.95. The molecule has 1 atom stereocenters. The maximum atomic E-state index is 12.0. The minimum Gasteiger partial charge on any atom is -0.480 e. The molecule has 1 aliphatic heterocycles. The fourth-order valence-electron chi connectivity index (χ4n) is 2.20. The van der Waals surface area contributed by atoms with E-state index < -0.39 is 12.0 Å². The highest BCUT2D eigenvalue weighted by atomic mass is 16.4. The summed E-state index contributed by atoms with van der Waals surface area (Å²) in [5.74, 6) is -0.411. The Hall–Kier alpha value is -2.15. The van der Waals surface area contributed by atoms with Gasteiger partial charge in [-0.05, 0) is 26.0 Å². The molecule has 0 radical (unpaired) electrons. The van der Waals surface area contributed by atoms with Gasteiger partial charge in [0.2, 0.25) is 0 Å². The molecule has 0 aliphatic carbocycles. The number of aliphatic carboxylic acids is 1. The number of carboxylic acids is 1. The average Bonchev–Trinajstić information content (AvgIpc) is 2.47. The molecule has 1 fully saturated rings. The molecule has 1 saturated heterocycles. The van der Waals surface area contributed by atoms with Gasteiger partial charge in [0.15, 0.2) is 0 Å². The average molecular weight is 292 g/mol. The van der Waals surface area contributed by atoms with Crippen molar-refractivity contribution in [2.24, 2.45) is 0 Å². The minimum atomic E-state index is -0.881. The van der Waals surface area contributed by atoms with Gasteiger partial charge in [-0.15, -0.1) is 0 Å². The van der Waals surface area contributed by atoms with Gasteiger partial charge in [0, 0.05) is 37.4 Å². The third-order valence-corrected chi connectivity index (χ3v) is 3.22. The van der Waals surface area contributed by atoms with E-state index >= 15 is 0 Å². The fourth-order valence-corrected chi connectivity index (χ4v) is 2.20. The van der Waals surface area contributed by atoms with Gasteiger partial charge in [0.05, 0.1) is 0 Å². The van der Waals surface area contributed by atoms with Crippen LogP contribution in [0.25, 0.3) is 0 Å². The van der Waals surface area contributed by atoms with Gasteiger partial charge in [-0.25, -0.2) is 4.98 Å². The molecule has 0 aromatic carbocycles. The van der Waals surface area contributed by atoms with Crippen LogP contribution in [0, 0.1) is 0 Å². The van der Waals surface area contributed by atoms with E-state index in [1.807, 2.05) is 18.7 Å². The third-order valence-electron chi connectivity index (χ3n) is 3.22. The minimum absolute atomic E-state index is 0.0599. The van der Waals surface area contributed by atoms with Crippen LogP contribution in [0.15, 0.2) is 18.3 Å². The Labute approximate surface area is 123 Å². The van der Waals surface area contributed by atoms with Crippen LogP contribution in [0.2, 0.25) is 0 Å². The van der Waals surface area contributed by atoms with E-state index in [-0.39, 0.29) is 11.9 Å². The van der Waals surface area contributed by atoms with Crippen molar-refractivity contribution in [1.29, 1.82) is 0 Å². The number of hydrogen-bond acceptors (Lipinski definition) is 5. The molecule has 0 spiro atoms. The topological polar surface area (TPSA) is 94.6 Å². The van der Waals surface area contributed by atoms with E-state index in [2.05, 4.69) is 15.6 Å². The summed E-state index contributed by atoms with van der Waals surface area (Å²) in [6.45, 7) is 5.35. The van der Waals surface area contributed by atoms with E-state index in [1.165, 1.54) is 0 Å². The second-order valence-corrected chi connectivity index (χ2v) is 5.32. The molecule has 0 bridgehead atoms. The second kappa shape index (κ2) is 6.53. The molecule has 1 amide bonds. The lowest BCUT2D eigenvalue weighted by atomic mass is 10.2. The van der Waals surface area contributed by atoms with Crippen LogP contribution >= 0.6 is 0 Å². The molecule has 2 heterocycles. The number of carbonyl (C=O) groups excluding carboxylic acids is 1. The molecular weight excluding hydrogens is 272 g/mol. The monoisotopic (exact) mass is 292 g/mol. The van der Waals surface area contributed by atoms with Crippen LogP contribution in [0.3, 0.4) is 0 Å². The Balaban J connectivity index is 2.13. The summed E-state index contributed by atoms with van der Waals surface area (Å²) in [5, 5.41) is 14.8. The molecule has 7 heteroatoms.